The van der Waals surface area contributed by atoms with Crippen LogP contribution in [0.5, 0.6) is 5.75 Å². The number of hydrogen-bond donors (Lipinski definition) is 1. The van der Waals surface area contributed by atoms with Crippen molar-refractivity contribution in [2.45, 2.75) is 13.0 Å². The molecule has 0 spiro atoms. The number of nitrogens with zero attached hydrogens (tertiary/aromatic N) is 1. The number of halogens is 1. The van der Waals surface area contributed by atoms with E-state index < -0.39 is 0 Å². The molecule has 1 aliphatic rings. The number of nitrogens with two attached hydrogens (primary N) is 1. The molecule has 0 unspecified atom stereocenters. The van der Waals surface area contributed by atoms with Crippen LogP contribution in [0.15, 0.2) is 42.5 Å². The van der Waals surface area contributed by atoms with Gasteiger partial charge in [-0.2, -0.15) is 0 Å². The van der Waals surface area contributed by atoms with E-state index in [1.165, 1.54) is 0 Å². The summed E-state index contributed by atoms with van der Waals surface area (Å²) in [6, 6.07) is 13.9. The molecule has 0 amide bonds. The second-order valence-electron chi connectivity index (χ2n) is 4.80. The fourth-order valence-corrected chi connectivity index (χ4v) is 2.70. The van der Waals surface area contributed by atoms with Gasteiger partial charge in [-0.15, -0.1) is 0 Å². The summed E-state index contributed by atoms with van der Waals surface area (Å²) in [6.45, 7) is 2.11. The van der Waals surface area contributed by atoms with Crippen molar-refractivity contribution in [1.29, 1.82) is 0 Å². The van der Waals surface area contributed by atoms with Crippen molar-refractivity contribution >= 4 is 23.0 Å². The number of rotatable bonds is 2. The van der Waals surface area contributed by atoms with Crippen molar-refractivity contribution in [1.82, 2.24) is 0 Å². The van der Waals surface area contributed by atoms with Crippen LogP contribution < -0.4 is 15.4 Å². The summed E-state index contributed by atoms with van der Waals surface area (Å²) >= 11 is 6.16. The minimum Gasteiger partial charge on any atom is -0.491 e. The summed E-state index contributed by atoms with van der Waals surface area (Å²) in [5, 5.41) is 0.722. The van der Waals surface area contributed by atoms with Crippen molar-refractivity contribution in [2.75, 3.05) is 18.1 Å². The molecule has 2 aromatic rings. The van der Waals surface area contributed by atoms with E-state index in [0.717, 1.165) is 47.3 Å². The first kappa shape index (κ1) is 13.3. The molecule has 3 nitrogen and oxygen atoms in total. The molecule has 0 aromatic heterocycles. The third kappa shape index (κ3) is 2.47. The number of benzene rings is 2. The van der Waals surface area contributed by atoms with E-state index in [1.807, 2.05) is 36.4 Å². The van der Waals surface area contributed by atoms with Crippen LogP contribution >= 0.6 is 11.6 Å². The highest BCUT2D eigenvalue weighted by Crippen LogP contribution is 2.38. The van der Waals surface area contributed by atoms with Gasteiger partial charge in [0.2, 0.25) is 0 Å². The van der Waals surface area contributed by atoms with Gasteiger partial charge in [-0.3, -0.25) is 0 Å². The van der Waals surface area contributed by atoms with Gasteiger partial charge < -0.3 is 15.4 Å². The number of hydrogen-bond acceptors (Lipinski definition) is 3. The smallest absolute Gasteiger partial charge is 0.142 e. The lowest BCUT2D eigenvalue weighted by Crippen LogP contribution is -2.20. The lowest BCUT2D eigenvalue weighted by Gasteiger charge is -2.26. The first-order valence-electron chi connectivity index (χ1n) is 6.77. The Balaban J connectivity index is 2.12. The molecule has 2 aromatic carbocycles. The Bertz CT molecular complexity index is 615. The Hall–Kier alpha value is -1.71. The van der Waals surface area contributed by atoms with E-state index in [2.05, 4.69) is 11.0 Å². The third-order valence-corrected chi connectivity index (χ3v) is 3.73. The van der Waals surface area contributed by atoms with Crippen molar-refractivity contribution in [3.63, 3.8) is 0 Å². The number of para-hydroxylation sites is 2. The Morgan fingerprint density at radius 3 is 2.85 bits per heavy atom. The Labute approximate surface area is 123 Å². The van der Waals surface area contributed by atoms with Crippen LogP contribution in [0.25, 0.3) is 0 Å². The lowest BCUT2D eigenvalue weighted by atomic mass is 10.1. The fraction of sp³-hybridized carbons (Fsp3) is 0.250. The minimum atomic E-state index is 0.492. The highest BCUT2D eigenvalue weighted by Gasteiger charge is 2.19. The SMILES string of the molecule is NCc1ccc(Cl)cc1N1CCCOc2ccccc21. The molecule has 2 N–H and O–H groups in total. The summed E-state index contributed by atoms with van der Waals surface area (Å²) in [7, 11) is 0. The van der Waals surface area contributed by atoms with Gasteiger partial charge in [-0.05, 0) is 36.2 Å². The van der Waals surface area contributed by atoms with Crippen LogP contribution in [-0.2, 0) is 6.54 Å². The number of anilines is 2. The first-order valence-corrected chi connectivity index (χ1v) is 7.15. The van der Waals surface area contributed by atoms with Crippen LogP contribution in [0.3, 0.4) is 0 Å². The van der Waals surface area contributed by atoms with Gasteiger partial charge in [-0.1, -0.05) is 29.8 Å². The van der Waals surface area contributed by atoms with Crippen LogP contribution in [0, 0.1) is 0 Å². The molecular weight excluding hydrogens is 272 g/mol. The molecule has 0 saturated heterocycles. The van der Waals surface area contributed by atoms with Crippen LogP contribution in [0.4, 0.5) is 11.4 Å². The summed E-state index contributed by atoms with van der Waals surface area (Å²) in [5.74, 6) is 0.910. The second-order valence-corrected chi connectivity index (χ2v) is 5.23. The van der Waals surface area contributed by atoms with Gasteiger partial charge in [0.15, 0.2) is 0 Å². The summed E-state index contributed by atoms with van der Waals surface area (Å²) < 4.78 is 5.80. The highest BCUT2D eigenvalue weighted by atomic mass is 35.5. The molecule has 4 heteroatoms. The maximum absolute atomic E-state index is 6.16. The largest absolute Gasteiger partial charge is 0.491 e. The number of fused-ring (bicyclic) bond motifs is 1. The Kier molecular flexibility index (Phi) is 3.81. The van der Waals surface area contributed by atoms with E-state index in [1.54, 1.807) is 0 Å². The quantitative estimate of drug-likeness (QED) is 0.915. The molecule has 104 valence electrons. The average Bonchev–Trinajstić information content (AvgIpc) is 2.69. The van der Waals surface area contributed by atoms with Crippen LogP contribution in [0.2, 0.25) is 5.02 Å². The Morgan fingerprint density at radius 2 is 2.00 bits per heavy atom. The lowest BCUT2D eigenvalue weighted by molar-refractivity contribution is 0.322. The van der Waals surface area contributed by atoms with Crippen molar-refractivity contribution in [2.24, 2.45) is 5.73 Å². The van der Waals surface area contributed by atoms with E-state index in [0.29, 0.717) is 6.54 Å². The van der Waals surface area contributed by atoms with Crippen LogP contribution in [-0.4, -0.2) is 13.2 Å². The Morgan fingerprint density at radius 1 is 1.15 bits per heavy atom. The molecule has 0 fully saturated rings. The molecule has 0 bridgehead atoms. The van der Waals surface area contributed by atoms with Gasteiger partial charge in [0.25, 0.3) is 0 Å². The van der Waals surface area contributed by atoms with Crippen molar-refractivity contribution < 1.29 is 4.74 Å². The normalized spacial score (nSPS) is 14.4. The maximum atomic E-state index is 6.16. The fourth-order valence-electron chi connectivity index (χ4n) is 2.54. The molecular formula is C16H17ClN2O. The highest BCUT2D eigenvalue weighted by molar-refractivity contribution is 6.30. The average molecular weight is 289 g/mol. The zero-order chi connectivity index (χ0) is 13.9. The zero-order valence-electron chi connectivity index (χ0n) is 11.2. The van der Waals surface area contributed by atoms with Crippen molar-refractivity contribution in [3.05, 3.63) is 53.1 Å². The molecule has 0 atom stereocenters. The standard InChI is InChI=1S/C16H17ClN2O/c17-13-7-6-12(11-18)15(10-13)19-8-3-9-20-16-5-2-1-4-14(16)19/h1-2,4-7,10H,3,8-9,11,18H2. The predicted molar refractivity (Wildman–Crippen MR) is 82.9 cm³/mol. The van der Waals surface area contributed by atoms with Gasteiger partial charge >= 0.3 is 0 Å². The van der Waals surface area contributed by atoms with Gasteiger partial charge in [0.1, 0.15) is 5.75 Å². The van der Waals surface area contributed by atoms with E-state index in [9.17, 15) is 0 Å². The third-order valence-electron chi connectivity index (χ3n) is 3.50. The maximum Gasteiger partial charge on any atom is 0.142 e. The monoisotopic (exact) mass is 288 g/mol. The van der Waals surface area contributed by atoms with E-state index >= 15 is 0 Å². The second kappa shape index (κ2) is 5.73. The van der Waals surface area contributed by atoms with Crippen molar-refractivity contribution in [3.8, 4) is 5.75 Å². The summed E-state index contributed by atoms with van der Waals surface area (Å²) in [5.41, 5.74) is 9.09. The minimum absolute atomic E-state index is 0.492. The zero-order valence-corrected chi connectivity index (χ0v) is 11.9. The molecule has 1 aliphatic heterocycles. The molecule has 20 heavy (non-hydrogen) atoms. The summed E-state index contributed by atoms with van der Waals surface area (Å²) in [4.78, 5) is 2.25. The van der Waals surface area contributed by atoms with Gasteiger partial charge in [-0.25, -0.2) is 0 Å². The molecule has 0 radical (unpaired) electrons. The summed E-state index contributed by atoms with van der Waals surface area (Å²) in [6.07, 6.45) is 0.963. The van der Waals surface area contributed by atoms with Gasteiger partial charge in [0.05, 0.1) is 12.3 Å². The van der Waals surface area contributed by atoms with Crippen LogP contribution in [0.1, 0.15) is 12.0 Å². The van der Waals surface area contributed by atoms with E-state index in [-0.39, 0.29) is 0 Å². The molecule has 0 saturated carbocycles. The van der Waals surface area contributed by atoms with E-state index in [4.69, 9.17) is 22.1 Å². The molecule has 0 aliphatic carbocycles. The number of ether oxygens (including phenoxy) is 1. The predicted octanol–water partition coefficient (Wildman–Crippen LogP) is 3.72. The van der Waals surface area contributed by atoms with Gasteiger partial charge in [0, 0.05) is 23.8 Å². The molecule has 3 rings (SSSR count). The first-order chi connectivity index (χ1) is 9.79. The topological polar surface area (TPSA) is 38.5 Å². The molecule has 1 heterocycles.